The second kappa shape index (κ2) is 7.03. The highest BCUT2D eigenvalue weighted by molar-refractivity contribution is 6.37. The Morgan fingerprint density at radius 1 is 0.957 bits per heavy atom. The lowest BCUT2D eigenvalue weighted by Gasteiger charge is -2.37. The van der Waals surface area contributed by atoms with E-state index in [-0.39, 0.29) is 17.6 Å². The van der Waals surface area contributed by atoms with Crippen molar-refractivity contribution in [2.24, 2.45) is 5.92 Å². The predicted octanol–water partition coefficient (Wildman–Crippen LogP) is 7.07. The van der Waals surface area contributed by atoms with Crippen molar-refractivity contribution in [1.29, 1.82) is 0 Å². The number of Topliss-reactive ketones (excluding diaryl/α,β-unsaturated/α-hetero) is 1. The van der Waals surface area contributed by atoms with Crippen LogP contribution in [0.4, 0.5) is 0 Å². The number of ketones is 1. The molecule has 1 nitrogen and oxygen atoms in total. The molecular formula is C18H14Cl4O. The molecule has 120 valence electrons. The van der Waals surface area contributed by atoms with Crippen molar-refractivity contribution >= 4 is 52.2 Å². The molecule has 0 saturated heterocycles. The summed E-state index contributed by atoms with van der Waals surface area (Å²) in [5, 5.41) is 2.26. The Morgan fingerprint density at radius 2 is 1.65 bits per heavy atom. The SMILES string of the molecule is O=C(C[C@@H]1CC[C@@H]1c1c(Cl)cccc1Cl)c1ccc(Cl)cc1Cl. The summed E-state index contributed by atoms with van der Waals surface area (Å²) in [6.45, 7) is 0. The molecule has 0 spiro atoms. The van der Waals surface area contributed by atoms with Crippen molar-refractivity contribution < 1.29 is 4.79 Å². The lowest BCUT2D eigenvalue weighted by atomic mass is 9.67. The predicted molar refractivity (Wildman–Crippen MR) is 97.3 cm³/mol. The van der Waals surface area contributed by atoms with Crippen molar-refractivity contribution in [2.45, 2.75) is 25.2 Å². The molecule has 1 aliphatic carbocycles. The van der Waals surface area contributed by atoms with Crippen LogP contribution in [-0.2, 0) is 0 Å². The highest BCUT2D eigenvalue weighted by Crippen LogP contribution is 2.49. The van der Waals surface area contributed by atoms with E-state index in [4.69, 9.17) is 46.4 Å². The third-order valence-corrected chi connectivity index (χ3v) is 5.67. The van der Waals surface area contributed by atoms with Gasteiger partial charge in [0.1, 0.15) is 0 Å². The standard InChI is InChI=1S/C18H14Cl4O/c19-11-5-7-13(16(22)9-11)17(23)8-10-4-6-12(10)18-14(20)2-1-3-15(18)21/h1-3,5,7,9-10,12H,4,6,8H2/t10-,12-/m0/s1. The molecule has 2 aromatic carbocycles. The summed E-state index contributed by atoms with van der Waals surface area (Å²) in [7, 11) is 0. The Kier molecular flexibility index (Phi) is 5.22. The third kappa shape index (κ3) is 3.53. The fourth-order valence-electron chi connectivity index (χ4n) is 3.12. The van der Waals surface area contributed by atoms with Crippen LogP contribution >= 0.6 is 46.4 Å². The van der Waals surface area contributed by atoms with Crippen LogP contribution in [0.5, 0.6) is 0 Å². The van der Waals surface area contributed by atoms with Gasteiger partial charge in [0.25, 0.3) is 0 Å². The van der Waals surface area contributed by atoms with Crippen molar-refractivity contribution in [1.82, 2.24) is 0 Å². The van der Waals surface area contributed by atoms with Crippen LogP contribution in [0.2, 0.25) is 20.1 Å². The van der Waals surface area contributed by atoms with Gasteiger partial charge in [-0.2, -0.15) is 0 Å². The monoisotopic (exact) mass is 386 g/mol. The zero-order chi connectivity index (χ0) is 16.6. The molecule has 0 radical (unpaired) electrons. The number of halogens is 4. The van der Waals surface area contributed by atoms with E-state index in [0.717, 1.165) is 18.4 Å². The molecule has 5 heteroatoms. The first-order chi connectivity index (χ1) is 11.0. The minimum Gasteiger partial charge on any atom is -0.294 e. The first-order valence-corrected chi connectivity index (χ1v) is 8.90. The van der Waals surface area contributed by atoms with Gasteiger partial charge in [0.2, 0.25) is 0 Å². The molecule has 1 aliphatic rings. The van der Waals surface area contributed by atoms with Crippen LogP contribution in [0.25, 0.3) is 0 Å². The van der Waals surface area contributed by atoms with Gasteiger partial charge in [0.05, 0.1) is 5.02 Å². The number of carbonyl (C=O) groups excluding carboxylic acids is 1. The van der Waals surface area contributed by atoms with Gasteiger partial charge in [0, 0.05) is 27.1 Å². The van der Waals surface area contributed by atoms with Gasteiger partial charge in [-0.05, 0) is 60.6 Å². The maximum Gasteiger partial charge on any atom is 0.164 e. The normalized spacial score (nSPS) is 20.2. The van der Waals surface area contributed by atoms with Crippen molar-refractivity contribution in [2.75, 3.05) is 0 Å². The molecule has 0 aromatic heterocycles. The zero-order valence-corrected chi connectivity index (χ0v) is 15.2. The second-order valence-electron chi connectivity index (χ2n) is 5.83. The average Bonchev–Trinajstić information content (AvgIpc) is 2.47. The Bertz CT molecular complexity index is 736. The van der Waals surface area contributed by atoms with Gasteiger partial charge < -0.3 is 0 Å². The van der Waals surface area contributed by atoms with Crippen LogP contribution in [0.15, 0.2) is 36.4 Å². The van der Waals surface area contributed by atoms with E-state index in [2.05, 4.69) is 0 Å². The maximum absolute atomic E-state index is 12.5. The summed E-state index contributed by atoms with van der Waals surface area (Å²) >= 11 is 24.6. The van der Waals surface area contributed by atoms with E-state index in [0.29, 0.717) is 32.1 Å². The molecule has 2 atom stereocenters. The highest BCUT2D eigenvalue weighted by atomic mass is 35.5. The summed E-state index contributed by atoms with van der Waals surface area (Å²) in [6, 6.07) is 10.5. The van der Waals surface area contributed by atoms with E-state index >= 15 is 0 Å². The zero-order valence-electron chi connectivity index (χ0n) is 12.2. The Morgan fingerprint density at radius 3 is 2.22 bits per heavy atom. The highest BCUT2D eigenvalue weighted by Gasteiger charge is 2.36. The molecular weight excluding hydrogens is 374 g/mol. The molecule has 0 amide bonds. The molecule has 0 bridgehead atoms. The van der Waals surface area contributed by atoms with E-state index in [1.54, 1.807) is 18.2 Å². The van der Waals surface area contributed by atoms with Crippen LogP contribution in [0.3, 0.4) is 0 Å². The minimum absolute atomic E-state index is 0.0320. The Balaban J connectivity index is 1.77. The molecule has 3 rings (SSSR count). The molecule has 2 aromatic rings. The van der Waals surface area contributed by atoms with E-state index in [1.807, 2.05) is 18.2 Å². The number of hydrogen-bond donors (Lipinski definition) is 0. The summed E-state index contributed by atoms with van der Waals surface area (Å²) in [5.74, 6) is 0.502. The molecule has 0 N–H and O–H groups in total. The number of carbonyl (C=O) groups is 1. The van der Waals surface area contributed by atoms with Crippen LogP contribution in [0, 0.1) is 5.92 Å². The van der Waals surface area contributed by atoms with Crippen LogP contribution in [0.1, 0.15) is 41.1 Å². The molecule has 1 saturated carbocycles. The topological polar surface area (TPSA) is 17.1 Å². The van der Waals surface area contributed by atoms with E-state index < -0.39 is 0 Å². The molecule has 0 unspecified atom stereocenters. The van der Waals surface area contributed by atoms with Gasteiger partial charge in [-0.1, -0.05) is 52.5 Å². The minimum atomic E-state index is 0.0320. The maximum atomic E-state index is 12.5. The van der Waals surface area contributed by atoms with Crippen LogP contribution in [-0.4, -0.2) is 5.78 Å². The lowest BCUT2D eigenvalue weighted by Crippen LogP contribution is -2.27. The number of hydrogen-bond acceptors (Lipinski definition) is 1. The van der Waals surface area contributed by atoms with E-state index in [9.17, 15) is 4.79 Å². The third-order valence-electron chi connectivity index (χ3n) is 4.47. The second-order valence-corrected chi connectivity index (χ2v) is 7.49. The van der Waals surface area contributed by atoms with Gasteiger partial charge >= 0.3 is 0 Å². The summed E-state index contributed by atoms with van der Waals surface area (Å²) in [6.07, 6.45) is 2.42. The van der Waals surface area contributed by atoms with E-state index in [1.165, 1.54) is 0 Å². The first kappa shape index (κ1) is 17.1. The van der Waals surface area contributed by atoms with Crippen molar-refractivity contribution in [3.05, 3.63) is 67.6 Å². The Labute approximate surface area is 155 Å². The largest absolute Gasteiger partial charge is 0.294 e. The summed E-state index contributed by atoms with van der Waals surface area (Å²) in [4.78, 5) is 12.5. The molecule has 23 heavy (non-hydrogen) atoms. The molecule has 0 aliphatic heterocycles. The van der Waals surface area contributed by atoms with Gasteiger partial charge in [-0.3, -0.25) is 4.79 Å². The van der Waals surface area contributed by atoms with Crippen molar-refractivity contribution in [3.8, 4) is 0 Å². The van der Waals surface area contributed by atoms with Gasteiger partial charge in [-0.15, -0.1) is 0 Å². The first-order valence-electron chi connectivity index (χ1n) is 7.39. The summed E-state index contributed by atoms with van der Waals surface area (Å²) in [5.41, 5.74) is 1.48. The van der Waals surface area contributed by atoms with Gasteiger partial charge in [-0.25, -0.2) is 0 Å². The smallest absolute Gasteiger partial charge is 0.164 e. The molecule has 1 fully saturated rings. The van der Waals surface area contributed by atoms with Crippen LogP contribution < -0.4 is 0 Å². The molecule has 0 heterocycles. The van der Waals surface area contributed by atoms with Crippen molar-refractivity contribution in [3.63, 3.8) is 0 Å². The fraction of sp³-hybridized carbons (Fsp3) is 0.278. The Hall–Kier alpha value is -0.730. The quantitative estimate of drug-likeness (QED) is 0.512. The van der Waals surface area contributed by atoms with Gasteiger partial charge in [0.15, 0.2) is 5.78 Å². The lowest BCUT2D eigenvalue weighted by molar-refractivity contribution is 0.0919. The number of rotatable bonds is 4. The number of benzene rings is 2. The summed E-state index contributed by atoms with van der Waals surface area (Å²) < 4.78 is 0. The average molecular weight is 388 g/mol. The fourth-order valence-corrected chi connectivity index (χ4v) is 4.31.